The van der Waals surface area contributed by atoms with E-state index in [1.807, 2.05) is 73.3 Å². The van der Waals surface area contributed by atoms with E-state index in [9.17, 15) is 0 Å². The van der Waals surface area contributed by atoms with Crippen LogP contribution in [0.15, 0.2) is 54.7 Å². The fourth-order valence-corrected chi connectivity index (χ4v) is 3.36. The van der Waals surface area contributed by atoms with E-state index in [1.165, 1.54) is 0 Å². The molecule has 0 fully saturated rings. The minimum Gasteiger partial charge on any atom is -0.490 e. The van der Waals surface area contributed by atoms with Crippen molar-refractivity contribution in [2.45, 2.75) is 26.8 Å². The number of anilines is 1. The molecule has 0 aliphatic carbocycles. The zero-order chi connectivity index (χ0) is 22.1. The number of hydrogen-bond acceptors (Lipinski definition) is 4. The van der Waals surface area contributed by atoms with Gasteiger partial charge in [-0.1, -0.05) is 29.8 Å². The van der Waals surface area contributed by atoms with Gasteiger partial charge < -0.3 is 20.1 Å². The first-order valence-corrected chi connectivity index (χ1v) is 11.1. The maximum Gasteiger partial charge on any atom is 0.172 e. The molecule has 164 valence electrons. The molecule has 6 nitrogen and oxygen atoms in total. The summed E-state index contributed by atoms with van der Waals surface area (Å²) in [6.45, 7) is 6.49. The summed E-state index contributed by atoms with van der Waals surface area (Å²) < 4.78 is 13.1. The summed E-state index contributed by atoms with van der Waals surface area (Å²) >= 11 is 11.3. The lowest BCUT2D eigenvalue weighted by molar-refractivity contribution is 0.287. The van der Waals surface area contributed by atoms with E-state index < -0.39 is 0 Å². The highest BCUT2D eigenvalue weighted by Crippen LogP contribution is 2.28. The van der Waals surface area contributed by atoms with E-state index >= 15 is 0 Å². The summed E-state index contributed by atoms with van der Waals surface area (Å²) in [6.07, 6.45) is 2.72. The lowest BCUT2D eigenvalue weighted by Gasteiger charge is -2.13. The van der Waals surface area contributed by atoms with Crippen molar-refractivity contribution in [3.63, 3.8) is 0 Å². The number of rotatable bonds is 10. The normalized spacial score (nSPS) is 10.5. The second-order valence-electron chi connectivity index (χ2n) is 6.80. The highest BCUT2D eigenvalue weighted by atomic mass is 35.5. The van der Waals surface area contributed by atoms with Crippen LogP contribution in [0.4, 0.5) is 5.82 Å². The third-order valence-electron chi connectivity index (χ3n) is 4.45. The molecule has 8 heteroatoms. The van der Waals surface area contributed by atoms with E-state index in [1.54, 1.807) is 0 Å². The van der Waals surface area contributed by atoms with Gasteiger partial charge in [-0.15, -0.1) is 0 Å². The molecule has 0 unspecified atom stereocenters. The smallest absolute Gasteiger partial charge is 0.172 e. The summed E-state index contributed by atoms with van der Waals surface area (Å²) in [6, 6.07) is 15.6. The first-order chi connectivity index (χ1) is 15.1. The SMILES string of the molecule is CCOc1ccc(CCNC(=S)Nc2ccn(Cc3ccc(Cl)cc3)n2)cc1OCC. The van der Waals surface area contributed by atoms with Crippen LogP contribution >= 0.6 is 23.8 Å². The van der Waals surface area contributed by atoms with Crippen molar-refractivity contribution in [1.29, 1.82) is 0 Å². The van der Waals surface area contributed by atoms with Crippen LogP contribution in [0.3, 0.4) is 0 Å². The summed E-state index contributed by atoms with van der Waals surface area (Å²) in [5.41, 5.74) is 2.27. The first-order valence-electron chi connectivity index (χ1n) is 10.3. The summed E-state index contributed by atoms with van der Waals surface area (Å²) in [7, 11) is 0. The van der Waals surface area contributed by atoms with Crippen LogP contribution in [0.2, 0.25) is 5.02 Å². The third-order valence-corrected chi connectivity index (χ3v) is 4.95. The monoisotopic (exact) mass is 458 g/mol. The van der Waals surface area contributed by atoms with Gasteiger partial charge in [-0.25, -0.2) is 0 Å². The molecule has 2 aromatic carbocycles. The number of ether oxygens (including phenoxy) is 2. The second kappa shape index (κ2) is 11.6. The van der Waals surface area contributed by atoms with Crippen LogP contribution in [-0.4, -0.2) is 34.7 Å². The van der Waals surface area contributed by atoms with E-state index in [0.29, 0.717) is 37.2 Å². The van der Waals surface area contributed by atoms with Crippen LogP contribution in [0.1, 0.15) is 25.0 Å². The second-order valence-corrected chi connectivity index (χ2v) is 7.65. The largest absolute Gasteiger partial charge is 0.490 e. The van der Waals surface area contributed by atoms with E-state index in [4.69, 9.17) is 33.3 Å². The molecule has 3 aromatic rings. The molecular formula is C23H27ClN4O2S. The molecule has 0 saturated carbocycles. The van der Waals surface area contributed by atoms with Gasteiger partial charge >= 0.3 is 0 Å². The third kappa shape index (κ3) is 7.15. The van der Waals surface area contributed by atoms with Gasteiger partial charge in [0.15, 0.2) is 22.4 Å². The lowest BCUT2D eigenvalue weighted by Crippen LogP contribution is -2.30. The van der Waals surface area contributed by atoms with Crippen LogP contribution in [-0.2, 0) is 13.0 Å². The van der Waals surface area contributed by atoms with Gasteiger partial charge in [-0.3, -0.25) is 4.68 Å². The topological polar surface area (TPSA) is 60.3 Å². The molecular weight excluding hydrogens is 432 g/mol. The Hall–Kier alpha value is -2.77. The predicted molar refractivity (Wildman–Crippen MR) is 129 cm³/mol. The Balaban J connectivity index is 1.47. The summed E-state index contributed by atoms with van der Waals surface area (Å²) in [5.74, 6) is 2.24. The quantitative estimate of drug-likeness (QED) is 0.421. The Morgan fingerprint density at radius 2 is 1.71 bits per heavy atom. The number of nitrogens with zero attached hydrogens (tertiary/aromatic N) is 2. The Labute approximate surface area is 193 Å². The van der Waals surface area contributed by atoms with Crippen molar-refractivity contribution >= 4 is 34.7 Å². The minimum absolute atomic E-state index is 0.535. The average molecular weight is 459 g/mol. The van der Waals surface area contributed by atoms with Crippen LogP contribution in [0.25, 0.3) is 0 Å². The Bertz CT molecular complexity index is 991. The van der Waals surface area contributed by atoms with Gasteiger partial charge in [0, 0.05) is 23.8 Å². The predicted octanol–water partition coefficient (Wildman–Crippen LogP) is 4.91. The van der Waals surface area contributed by atoms with E-state index in [-0.39, 0.29) is 0 Å². The fourth-order valence-electron chi connectivity index (χ4n) is 3.03. The van der Waals surface area contributed by atoms with Crippen LogP contribution in [0, 0.1) is 0 Å². The summed E-state index contributed by atoms with van der Waals surface area (Å²) in [5, 5.41) is 12.1. The van der Waals surface area contributed by atoms with Crippen LogP contribution in [0.5, 0.6) is 11.5 Å². The number of nitrogens with one attached hydrogen (secondary N) is 2. The molecule has 0 amide bonds. The molecule has 0 saturated heterocycles. The average Bonchev–Trinajstić information content (AvgIpc) is 3.18. The molecule has 0 radical (unpaired) electrons. The Morgan fingerprint density at radius 3 is 2.45 bits per heavy atom. The number of aromatic nitrogens is 2. The first kappa shape index (κ1) is 22.9. The molecule has 2 N–H and O–H groups in total. The minimum atomic E-state index is 0.535. The van der Waals surface area contributed by atoms with Gasteiger partial charge in [-0.2, -0.15) is 5.10 Å². The molecule has 0 aliphatic heterocycles. The molecule has 1 heterocycles. The molecule has 1 aromatic heterocycles. The highest BCUT2D eigenvalue weighted by molar-refractivity contribution is 7.80. The van der Waals surface area contributed by atoms with Gasteiger partial charge in [-0.05, 0) is 67.9 Å². The molecule has 0 spiro atoms. The zero-order valence-corrected chi connectivity index (χ0v) is 19.3. The maximum atomic E-state index is 5.93. The maximum absolute atomic E-state index is 5.93. The molecule has 0 bridgehead atoms. The van der Waals surface area contributed by atoms with E-state index in [0.717, 1.165) is 34.1 Å². The summed E-state index contributed by atoms with van der Waals surface area (Å²) in [4.78, 5) is 0. The number of benzene rings is 2. The fraction of sp³-hybridized carbons (Fsp3) is 0.304. The molecule has 31 heavy (non-hydrogen) atoms. The van der Waals surface area contributed by atoms with Crippen molar-refractivity contribution in [3.8, 4) is 11.5 Å². The van der Waals surface area contributed by atoms with Gasteiger partial charge in [0.05, 0.1) is 19.8 Å². The van der Waals surface area contributed by atoms with Crippen molar-refractivity contribution in [3.05, 3.63) is 70.9 Å². The van der Waals surface area contributed by atoms with Gasteiger partial charge in [0.25, 0.3) is 0 Å². The van der Waals surface area contributed by atoms with Gasteiger partial charge in [0.1, 0.15) is 0 Å². The zero-order valence-electron chi connectivity index (χ0n) is 17.7. The Kier molecular flexibility index (Phi) is 8.55. The van der Waals surface area contributed by atoms with Crippen LogP contribution < -0.4 is 20.1 Å². The molecule has 0 aliphatic rings. The standard InChI is InChI=1S/C23H27ClN4O2S/c1-3-29-20-10-7-17(15-21(20)30-4-2)11-13-25-23(31)26-22-12-14-28(27-22)16-18-5-8-19(24)9-6-18/h5-10,12,14-15H,3-4,11,13,16H2,1-2H3,(H2,25,26,27,31). The lowest BCUT2D eigenvalue weighted by atomic mass is 10.1. The number of halogens is 1. The highest BCUT2D eigenvalue weighted by Gasteiger charge is 2.07. The van der Waals surface area contributed by atoms with Gasteiger partial charge in [0.2, 0.25) is 0 Å². The molecule has 3 rings (SSSR count). The molecule has 0 atom stereocenters. The van der Waals surface area contributed by atoms with Crippen molar-refractivity contribution in [2.24, 2.45) is 0 Å². The Morgan fingerprint density at radius 1 is 1.00 bits per heavy atom. The van der Waals surface area contributed by atoms with Crippen molar-refractivity contribution in [2.75, 3.05) is 25.1 Å². The van der Waals surface area contributed by atoms with E-state index in [2.05, 4.69) is 15.7 Å². The van der Waals surface area contributed by atoms with Crippen molar-refractivity contribution < 1.29 is 9.47 Å². The van der Waals surface area contributed by atoms with Crippen molar-refractivity contribution in [1.82, 2.24) is 15.1 Å². The number of thiocarbonyl (C=S) groups is 1. The number of hydrogen-bond donors (Lipinski definition) is 2.